The average Bonchev–Trinajstić information content (AvgIpc) is 3.38. The molecule has 0 bridgehead atoms. The minimum Gasteiger partial charge on any atom is -0.379 e. The molecule has 0 radical (unpaired) electrons. The molecular formula is C39H39N2O6S2+. The number of anilines is 1. The van der Waals surface area contributed by atoms with Crippen molar-refractivity contribution < 1.29 is 29.8 Å². The van der Waals surface area contributed by atoms with Gasteiger partial charge in [-0.1, -0.05) is 68.5 Å². The van der Waals surface area contributed by atoms with Gasteiger partial charge in [-0.25, -0.2) is 0 Å². The molecule has 0 aromatic heterocycles. The van der Waals surface area contributed by atoms with E-state index >= 15 is 0 Å². The number of allylic oxidation sites excluding steroid dienone is 6. The third-order valence-corrected chi connectivity index (χ3v) is 11.7. The number of para-hydroxylation sites is 2. The van der Waals surface area contributed by atoms with E-state index in [4.69, 9.17) is 8.37 Å². The molecule has 0 unspecified atom stereocenters. The highest BCUT2D eigenvalue weighted by Crippen LogP contribution is 2.48. The van der Waals surface area contributed by atoms with Crippen LogP contribution < -0.4 is 13.3 Å². The van der Waals surface area contributed by atoms with E-state index in [0.717, 1.165) is 33.9 Å². The molecule has 10 heteroatoms. The van der Waals surface area contributed by atoms with Gasteiger partial charge in [-0.15, -0.1) is 0 Å². The zero-order valence-electron chi connectivity index (χ0n) is 28.3. The summed E-state index contributed by atoms with van der Waals surface area (Å²) in [6.45, 7) is 8.28. The third-order valence-electron chi connectivity index (χ3n) is 9.21. The van der Waals surface area contributed by atoms with Gasteiger partial charge in [-0.2, -0.15) is 21.4 Å². The fraction of sp³-hybridized carbons (Fsp3) is 0.205. The molecule has 0 N–H and O–H groups in total. The van der Waals surface area contributed by atoms with Gasteiger partial charge in [0.1, 0.15) is 28.3 Å². The first-order valence-corrected chi connectivity index (χ1v) is 18.6. The Labute approximate surface area is 289 Å². The summed E-state index contributed by atoms with van der Waals surface area (Å²) in [6.07, 6.45) is 9.95. The number of fused-ring (bicyclic) bond motifs is 2. The molecule has 4 aromatic rings. The van der Waals surface area contributed by atoms with Crippen LogP contribution in [0.5, 0.6) is 11.5 Å². The van der Waals surface area contributed by atoms with Crippen molar-refractivity contribution in [2.45, 2.75) is 48.3 Å². The Morgan fingerprint density at radius 1 is 0.653 bits per heavy atom. The summed E-state index contributed by atoms with van der Waals surface area (Å²) < 4.78 is 65.2. The maximum Gasteiger partial charge on any atom is 0.339 e. The molecule has 2 heterocycles. The highest BCUT2D eigenvalue weighted by atomic mass is 32.2. The standard InChI is InChI=1S/C39H39N2O6S2/c1-38(2)32-26-30(48(42,43)46-28-16-10-7-11-17-28)22-24-34(32)40(5)36(38)20-14-9-15-21-37-39(3,4)33-27-31(23-25-35(33)41(37)6)49(44,45)47-29-18-12-8-13-19-29/h7-27H,1-6H3/q+1. The van der Waals surface area contributed by atoms with Crippen molar-refractivity contribution in [3.05, 3.63) is 144 Å². The Morgan fingerprint density at radius 2 is 1.18 bits per heavy atom. The molecule has 4 aromatic carbocycles. The summed E-state index contributed by atoms with van der Waals surface area (Å²) in [5, 5.41) is 0. The van der Waals surface area contributed by atoms with Crippen LogP contribution in [0.25, 0.3) is 0 Å². The molecule has 0 amide bonds. The molecule has 6 rings (SSSR count). The Kier molecular flexibility index (Phi) is 8.67. The van der Waals surface area contributed by atoms with E-state index < -0.39 is 31.1 Å². The second-order valence-corrected chi connectivity index (χ2v) is 16.2. The van der Waals surface area contributed by atoms with Crippen LogP contribution in [0.4, 0.5) is 11.4 Å². The van der Waals surface area contributed by atoms with Crippen molar-refractivity contribution in [2.24, 2.45) is 0 Å². The lowest BCUT2D eigenvalue weighted by Gasteiger charge is -2.23. The lowest BCUT2D eigenvalue weighted by Crippen LogP contribution is -2.26. The van der Waals surface area contributed by atoms with E-state index in [9.17, 15) is 16.8 Å². The molecule has 49 heavy (non-hydrogen) atoms. The first kappa shape index (κ1) is 34.0. The number of hydrogen-bond acceptors (Lipinski definition) is 7. The number of nitrogens with zero attached hydrogens (tertiary/aromatic N) is 2. The summed E-state index contributed by atoms with van der Waals surface area (Å²) in [6, 6.07) is 27.1. The highest BCUT2D eigenvalue weighted by Gasteiger charge is 2.44. The zero-order valence-corrected chi connectivity index (χ0v) is 29.9. The Balaban J connectivity index is 1.19. The summed E-state index contributed by atoms with van der Waals surface area (Å²) in [5.74, 6) is 0.525. The van der Waals surface area contributed by atoms with Crippen LogP contribution in [0.1, 0.15) is 38.8 Å². The third kappa shape index (κ3) is 6.34. The molecule has 2 aliphatic heterocycles. The van der Waals surface area contributed by atoms with Crippen LogP contribution in [0.15, 0.2) is 143 Å². The van der Waals surface area contributed by atoms with Crippen molar-refractivity contribution in [3.63, 3.8) is 0 Å². The van der Waals surface area contributed by atoms with Crippen LogP contribution in [0, 0.1) is 0 Å². The number of hydrogen-bond donors (Lipinski definition) is 0. The zero-order chi connectivity index (χ0) is 35.2. The van der Waals surface area contributed by atoms with Gasteiger partial charge in [0.15, 0.2) is 5.71 Å². The van der Waals surface area contributed by atoms with Crippen LogP contribution in [0.3, 0.4) is 0 Å². The average molecular weight is 696 g/mol. The maximum atomic E-state index is 13.1. The monoisotopic (exact) mass is 695 g/mol. The predicted octanol–water partition coefficient (Wildman–Crippen LogP) is 7.65. The van der Waals surface area contributed by atoms with Crippen molar-refractivity contribution in [1.29, 1.82) is 0 Å². The first-order valence-electron chi connectivity index (χ1n) is 15.8. The molecule has 0 aliphatic carbocycles. The molecule has 0 fully saturated rings. The van der Waals surface area contributed by atoms with Gasteiger partial charge in [0.05, 0.1) is 5.41 Å². The molecule has 0 atom stereocenters. The van der Waals surface area contributed by atoms with Gasteiger partial charge in [-0.3, -0.25) is 0 Å². The van der Waals surface area contributed by atoms with Gasteiger partial charge in [-0.05, 0) is 80.1 Å². The fourth-order valence-corrected chi connectivity index (χ4v) is 8.52. The minimum absolute atomic E-state index is 0.103. The first-order chi connectivity index (χ1) is 23.1. The van der Waals surface area contributed by atoms with E-state index in [0.29, 0.717) is 0 Å². The molecule has 0 saturated heterocycles. The number of benzene rings is 4. The number of rotatable bonds is 9. The van der Waals surface area contributed by atoms with Crippen molar-refractivity contribution in [1.82, 2.24) is 0 Å². The Bertz CT molecular complexity index is 2270. The van der Waals surface area contributed by atoms with Crippen LogP contribution in [-0.2, 0) is 31.1 Å². The fourth-order valence-electron chi connectivity index (χ4n) is 6.60. The van der Waals surface area contributed by atoms with E-state index in [1.165, 1.54) is 0 Å². The largest absolute Gasteiger partial charge is 0.379 e. The van der Waals surface area contributed by atoms with Crippen molar-refractivity contribution in [2.75, 3.05) is 19.0 Å². The van der Waals surface area contributed by atoms with E-state index in [2.05, 4.69) is 37.2 Å². The van der Waals surface area contributed by atoms with Gasteiger partial charge >= 0.3 is 20.2 Å². The topological polar surface area (TPSA) is 93.0 Å². The van der Waals surface area contributed by atoms with Gasteiger partial charge in [0, 0.05) is 41.6 Å². The molecule has 0 saturated carbocycles. The normalized spacial score (nSPS) is 17.6. The summed E-state index contributed by atoms with van der Waals surface area (Å²) in [7, 11) is -4.08. The van der Waals surface area contributed by atoms with Crippen LogP contribution >= 0.6 is 0 Å². The molecule has 8 nitrogen and oxygen atoms in total. The van der Waals surface area contributed by atoms with Crippen molar-refractivity contribution in [3.8, 4) is 11.5 Å². The van der Waals surface area contributed by atoms with E-state index in [1.54, 1.807) is 84.9 Å². The van der Waals surface area contributed by atoms with Gasteiger partial charge in [0.25, 0.3) is 0 Å². The highest BCUT2D eigenvalue weighted by molar-refractivity contribution is 7.87. The summed E-state index contributed by atoms with van der Waals surface area (Å²) >= 11 is 0. The molecular weight excluding hydrogens is 657 g/mol. The summed E-state index contributed by atoms with van der Waals surface area (Å²) in [4.78, 5) is 2.28. The Hall–Kier alpha value is -4.93. The SMILES string of the molecule is CN1C(=CC=CC=CC2=[N+](C)c3ccc(S(=O)(=O)Oc4ccccc4)cc3C2(C)C)C(C)(C)c2cc(S(=O)(=O)Oc3ccccc3)ccc21. The number of likely N-dealkylation sites (N-methyl/N-ethyl adjacent to an activating group) is 1. The Morgan fingerprint density at radius 3 is 1.76 bits per heavy atom. The minimum atomic E-state index is -4.01. The van der Waals surface area contributed by atoms with E-state index in [1.807, 2.05) is 56.6 Å². The lowest BCUT2D eigenvalue weighted by atomic mass is 9.81. The predicted molar refractivity (Wildman–Crippen MR) is 193 cm³/mol. The second-order valence-electron chi connectivity index (χ2n) is 13.1. The van der Waals surface area contributed by atoms with Crippen LogP contribution in [-0.4, -0.2) is 41.2 Å². The summed E-state index contributed by atoms with van der Waals surface area (Å²) in [5.41, 5.74) is 4.72. The quantitative estimate of drug-likeness (QED) is 0.101. The molecule has 252 valence electrons. The molecule has 2 aliphatic rings. The van der Waals surface area contributed by atoms with Gasteiger partial charge in [0.2, 0.25) is 5.69 Å². The van der Waals surface area contributed by atoms with E-state index in [-0.39, 0.29) is 21.3 Å². The van der Waals surface area contributed by atoms with Crippen LogP contribution in [0.2, 0.25) is 0 Å². The lowest BCUT2D eigenvalue weighted by molar-refractivity contribution is -0.401. The second kappa shape index (κ2) is 12.5. The smallest absolute Gasteiger partial charge is 0.339 e. The van der Waals surface area contributed by atoms with Gasteiger partial charge < -0.3 is 13.3 Å². The van der Waals surface area contributed by atoms with Crippen molar-refractivity contribution >= 4 is 37.3 Å². The molecule has 0 spiro atoms. The maximum absolute atomic E-state index is 13.1.